The van der Waals surface area contributed by atoms with Crippen LogP contribution in [0, 0.1) is 11.6 Å². The largest absolute Gasteiger partial charge is 0.314 e. The van der Waals surface area contributed by atoms with Crippen LogP contribution >= 0.6 is 0 Å². The van der Waals surface area contributed by atoms with E-state index in [1.807, 2.05) is 0 Å². The van der Waals surface area contributed by atoms with Gasteiger partial charge in [0.25, 0.3) is 0 Å². The van der Waals surface area contributed by atoms with E-state index in [2.05, 4.69) is 14.8 Å². The van der Waals surface area contributed by atoms with Gasteiger partial charge in [-0.3, -0.25) is 0 Å². The fourth-order valence-electron chi connectivity index (χ4n) is 3.31. The van der Waals surface area contributed by atoms with Gasteiger partial charge in [0.1, 0.15) is 12.2 Å². The molecule has 25 heavy (non-hydrogen) atoms. The third-order valence-electron chi connectivity index (χ3n) is 4.89. The molecular weight excluding hydrogens is 350 g/mol. The van der Waals surface area contributed by atoms with E-state index in [-0.39, 0.29) is 10.9 Å². The molecule has 0 radical (unpaired) electrons. The molecule has 2 aromatic rings. The maximum atomic E-state index is 13.4. The second-order valence-corrected chi connectivity index (χ2v) is 8.52. The third-order valence-corrected chi connectivity index (χ3v) is 6.78. The Morgan fingerprint density at radius 3 is 2.40 bits per heavy atom. The van der Waals surface area contributed by atoms with Crippen LogP contribution in [0.3, 0.4) is 0 Å². The standard InChI is InChI=1S/C16H18F2N4O2S/c17-14-4-3-13(9-15(14)18)25(23,24)21-7-5-12(6-8-21)22-10-19-20-16(22)11-1-2-11/h3-4,9-12H,1-2,5-8H2. The highest BCUT2D eigenvalue weighted by atomic mass is 32.2. The van der Waals surface area contributed by atoms with Crippen molar-refractivity contribution in [2.45, 2.75) is 42.5 Å². The van der Waals surface area contributed by atoms with E-state index in [0.717, 1.165) is 36.9 Å². The van der Waals surface area contributed by atoms with Crippen molar-refractivity contribution in [2.24, 2.45) is 0 Å². The Labute approximate surface area is 144 Å². The first kappa shape index (κ1) is 16.6. The minimum atomic E-state index is -3.82. The van der Waals surface area contributed by atoms with Gasteiger partial charge in [-0.1, -0.05) is 0 Å². The van der Waals surface area contributed by atoms with Crippen molar-refractivity contribution in [3.63, 3.8) is 0 Å². The molecule has 0 amide bonds. The Hall–Kier alpha value is -1.87. The number of benzene rings is 1. The third kappa shape index (κ3) is 3.06. The molecule has 0 unspecified atom stereocenters. The highest BCUT2D eigenvalue weighted by molar-refractivity contribution is 7.89. The van der Waals surface area contributed by atoms with Gasteiger partial charge in [-0.05, 0) is 43.9 Å². The van der Waals surface area contributed by atoms with E-state index in [1.165, 1.54) is 4.31 Å². The molecule has 1 saturated carbocycles. The number of rotatable bonds is 4. The quantitative estimate of drug-likeness (QED) is 0.831. The van der Waals surface area contributed by atoms with E-state index in [1.54, 1.807) is 6.33 Å². The van der Waals surface area contributed by atoms with Crippen molar-refractivity contribution in [1.29, 1.82) is 0 Å². The zero-order chi connectivity index (χ0) is 17.6. The fraction of sp³-hybridized carbons (Fsp3) is 0.500. The summed E-state index contributed by atoms with van der Waals surface area (Å²) in [6, 6.07) is 2.85. The van der Waals surface area contributed by atoms with Gasteiger partial charge in [0, 0.05) is 25.0 Å². The van der Waals surface area contributed by atoms with Crippen LogP contribution in [0.15, 0.2) is 29.4 Å². The number of nitrogens with zero attached hydrogens (tertiary/aromatic N) is 4. The SMILES string of the molecule is O=S(=O)(c1ccc(F)c(F)c1)N1CCC(n2cnnc2C2CC2)CC1. The minimum absolute atomic E-state index is 0.169. The molecule has 1 aromatic heterocycles. The first-order valence-electron chi connectivity index (χ1n) is 8.31. The summed E-state index contributed by atoms with van der Waals surface area (Å²) in [6.07, 6.45) is 5.25. The normalized spacial score (nSPS) is 20.1. The number of hydrogen-bond donors (Lipinski definition) is 0. The van der Waals surface area contributed by atoms with Crippen LogP contribution in [0.2, 0.25) is 0 Å². The van der Waals surface area contributed by atoms with Crippen molar-refractivity contribution in [1.82, 2.24) is 19.1 Å². The van der Waals surface area contributed by atoms with Crippen LogP contribution in [0.4, 0.5) is 8.78 Å². The first-order valence-corrected chi connectivity index (χ1v) is 9.75. The molecule has 2 aliphatic rings. The molecule has 1 aromatic carbocycles. The Balaban J connectivity index is 1.49. The predicted octanol–water partition coefficient (Wildman–Crippen LogP) is 2.46. The highest BCUT2D eigenvalue weighted by Crippen LogP contribution is 2.40. The summed E-state index contributed by atoms with van der Waals surface area (Å²) in [6.45, 7) is 0.655. The van der Waals surface area contributed by atoms with Gasteiger partial charge in [-0.15, -0.1) is 10.2 Å². The smallest absolute Gasteiger partial charge is 0.243 e. The van der Waals surface area contributed by atoms with Crippen molar-refractivity contribution in [3.8, 4) is 0 Å². The molecule has 0 N–H and O–H groups in total. The van der Waals surface area contributed by atoms with Gasteiger partial charge in [0.05, 0.1) is 4.90 Å². The lowest BCUT2D eigenvalue weighted by Crippen LogP contribution is -2.39. The molecule has 1 aliphatic carbocycles. The fourth-order valence-corrected chi connectivity index (χ4v) is 4.80. The van der Waals surface area contributed by atoms with Crippen LogP contribution in [-0.4, -0.2) is 40.6 Å². The van der Waals surface area contributed by atoms with Crippen LogP contribution in [-0.2, 0) is 10.0 Å². The number of sulfonamides is 1. The minimum Gasteiger partial charge on any atom is -0.314 e. The second kappa shape index (κ2) is 6.14. The average molecular weight is 368 g/mol. The molecule has 4 rings (SSSR count). The van der Waals surface area contributed by atoms with Crippen LogP contribution in [0.5, 0.6) is 0 Å². The van der Waals surface area contributed by atoms with Crippen molar-refractivity contribution in [3.05, 3.63) is 42.0 Å². The zero-order valence-electron chi connectivity index (χ0n) is 13.5. The Bertz CT molecular complexity index is 887. The number of halogens is 2. The lowest BCUT2D eigenvalue weighted by atomic mass is 10.1. The molecule has 9 heteroatoms. The topological polar surface area (TPSA) is 68.1 Å². The lowest BCUT2D eigenvalue weighted by molar-refractivity contribution is 0.270. The molecule has 0 atom stereocenters. The van der Waals surface area contributed by atoms with Gasteiger partial charge < -0.3 is 4.57 Å². The van der Waals surface area contributed by atoms with Crippen molar-refractivity contribution in [2.75, 3.05) is 13.1 Å². The molecule has 0 spiro atoms. The van der Waals surface area contributed by atoms with Crippen molar-refractivity contribution >= 4 is 10.0 Å². The highest BCUT2D eigenvalue weighted by Gasteiger charge is 2.34. The number of piperidine rings is 1. The van der Waals surface area contributed by atoms with Gasteiger partial charge in [0.15, 0.2) is 11.6 Å². The summed E-state index contributed by atoms with van der Waals surface area (Å²) in [4.78, 5) is -0.215. The summed E-state index contributed by atoms with van der Waals surface area (Å²) >= 11 is 0. The summed E-state index contributed by atoms with van der Waals surface area (Å²) in [5.74, 6) is -0.749. The molecule has 0 bridgehead atoms. The monoisotopic (exact) mass is 368 g/mol. The Morgan fingerprint density at radius 2 is 1.76 bits per heavy atom. The maximum Gasteiger partial charge on any atom is 0.243 e. The average Bonchev–Trinajstić information content (AvgIpc) is 3.34. The van der Waals surface area contributed by atoms with Crippen LogP contribution < -0.4 is 0 Å². The van der Waals surface area contributed by atoms with E-state index >= 15 is 0 Å². The summed E-state index contributed by atoms with van der Waals surface area (Å²) in [5.41, 5.74) is 0. The van der Waals surface area contributed by atoms with Gasteiger partial charge >= 0.3 is 0 Å². The van der Waals surface area contributed by atoms with Crippen molar-refractivity contribution < 1.29 is 17.2 Å². The maximum absolute atomic E-state index is 13.4. The Morgan fingerprint density at radius 1 is 1.04 bits per heavy atom. The summed E-state index contributed by atoms with van der Waals surface area (Å²) in [7, 11) is -3.82. The van der Waals surface area contributed by atoms with Gasteiger partial charge in [0.2, 0.25) is 10.0 Å². The van der Waals surface area contributed by atoms with Crippen LogP contribution in [0.1, 0.15) is 43.5 Å². The summed E-state index contributed by atoms with van der Waals surface area (Å²) in [5, 5.41) is 8.19. The molecule has 2 fully saturated rings. The van der Waals surface area contributed by atoms with Gasteiger partial charge in [-0.2, -0.15) is 4.31 Å². The molecular formula is C16H18F2N4O2S. The zero-order valence-corrected chi connectivity index (χ0v) is 14.3. The predicted molar refractivity (Wildman–Crippen MR) is 85.4 cm³/mol. The molecule has 1 aliphatic heterocycles. The second-order valence-electron chi connectivity index (χ2n) is 6.58. The number of hydrogen-bond acceptors (Lipinski definition) is 4. The van der Waals surface area contributed by atoms with Gasteiger partial charge in [-0.25, -0.2) is 17.2 Å². The van der Waals surface area contributed by atoms with E-state index < -0.39 is 21.7 Å². The summed E-state index contributed by atoms with van der Waals surface area (Å²) < 4.78 is 55.1. The molecule has 1 saturated heterocycles. The van der Waals surface area contributed by atoms with E-state index in [4.69, 9.17) is 0 Å². The van der Waals surface area contributed by atoms with E-state index in [9.17, 15) is 17.2 Å². The van der Waals surface area contributed by atoms with E-state index in [0.29, 0.717) is 31.8 Å². The molecule has 2 heterocycles. The molecule has 134 valence electrons. The number of aromatic nitrogens is 3. The lowest BCUT2D eigenvalue weighted by Gasteiger charge is -2.32. The molecule has 6 nitrogen and oxygen atoms in total. The van der Waals surface area contributed by atoms with Crippen LogP contribution in [0.25, 0.3) is 0 Å². The first-order chi connectivity index (χ1) is 12.0. The Kier molecular flexibility index (Phi) is 4.07.